The van der Waals surface area contributed by atoms with Crippen molar-refractivity contribution in [3.05, 3.63) is 24.4 Å². The van der Waals surface area contributed by atoms with Gasteiger partial charge in [-0.25, -0.2) is 0 Å². The summed E-state index contributed by atoms with van der Waals surface area (Å²) in [5.41, 5.74) is 0. The zero-order chi connectivity index (χ0) is 11.8. The lowest BCUT2D eigenvalue weighted by atomic mass is 9.99. The van der Waals surface area contributed by atoms with Crippen LogP contribution < -0.4 is 5.32 Å². The summed E-state index contributed by atoms with van der Waals surface area (Å²) in [5.74, 6) is 2.08. The SMILES string of the molecule is C=CCC(CC)CCNCc1noc(C)n1. The molecule has 0 aliphatic carbocycles. The average molecular weight is 223 g/mol. The quantitative estimate of drug-likeness (QED) is 0.543. The highest BCUT2D eigenvalue weighted by Gasteiger charge is 2.04. The molecule has 1 aromatic heterocycles. The van der Waals surface area contributed by atoms with Crippen molar-refractivity contribution in [3.8, 4) is 0 Å². The van der Waals surface area contributed by atoms with Crippen LogP contribution in [0.3, 0.4) is 0 Å². The van der Waals surface area contributed by atoms with Crippen LogP contribution in [0.5, 0.6) is 0 Å². The highest BCUT2D eigenvalue weighted by molar-refractivity contribution is 4.83. The van der Waals surface area contributed by atoms with E-state index in [1.807, 2.05) is 6.08 Å². The molecule has 0 radical (unpaired) electrons. The Morgan fingerprint density at radius 3 is 2.94 bits per heavy atom. The first-order valence-corrected chi connectivity index (χ1v) is 5.87. The van der Waals surface area contributed by atoms with Gasteiger partial charge in [-0.05, 0) is 25.3 Å². The van der Waals surface area contributed by atoms with E-state index in [-0.39, 0.29) is 0 Å². The van der Waals surface area contributed by atoms with Crippen molar-refractivity contribution in [1.82, 2.24) is 15.5 Å². The Bertz CT molecular complexity index is 309. The molecule has 1 atom stereocenters. The molecule has 0 bridgehead atoms. The normalized spacial score (nSPS) is 12.6. The van der Waals surface area contributed by atoms with Crippen molar-refractivity contribution < 1.29 is 4.52 Å². The fraction of sp³-hybridized carbons (Fsp3) is 0.667. The summed E-state index contributed by atoms with van der Waals surface area (Å²) in [6, 6.07) is 0. The summed E-state index contributed by atoms with van der Waals surface area (Å²) < 4.78 is 4.89. The predicted molar refractivity (Wildman–Crippen MR) is 64.0 cm³/mol. The van der Waals surface area contributed by atoms with Crippen LogP contribution >= 0.6 is 0 Å². The molecule has 1 heterocycles. The third-order valence-electron chi connectivity index (χ3n) is 2.66. The third-order valence-corrected chi connectivity index (χ3v) is 2.66. The van der Waals surface area contributed by atoms with Crippen LogP contribution in [0.2, 0.25) is 0 Å². The van der Waals surface area contributed by atoms with Gasteiger partial charge in [0.25, 0.3) is 0 Å². The molecule has 0 amide bonds. The number of nitrogens with zero attached hydrogens (tertiary/aromatic N) is 2. The maximum Gasteiger partial charge on any atom is 0.223 e. The van der Waals surface area contributed by atoms with E-state index in [2.05, 4.69) is 29.0 Å². The summed E-state index contributed by atoms with van der Waals surface area (Å²) in [5, 5.41) is 7.14. The van der Waals surface area contributed by atoms with Gasteiger partial charge in [-0.3, -0.25) is 0 Å². The molecule has 0 aliphatic heterocycles. The van der Waals surface area contributed by atoms with Gasteiger partial charge in [0.15, 0.2) is 5.82 Å². The zero-order valence-corrected chi connectivity index (χ0v) is 10.2. The standard InChI is InChI=1S/C12H21N3O/c1-4-6-11(5-2)7-8-13-9-12-14-10(3)16-15-12/h4,11,13H,1,5-9H2,2-3H3. The number of hydrogen-bond donors (Lipinski definition) is 1. The Morgan fingerprint density at radius 1 is 1.56 bits per heavy atom. The molecule has 1 unspecified atom stereocenters. The molecule has 0 fully saturated rings. The summed E-state index contributed by atoms with van der Waals surface area (Å²) in [7, 11) is 0. The van der Waals surface area contributed by atoms with Crippen molar-refractivity contribution >= 4 is 0 Å². The molecule has 4 heteroatoms. The number of aromatic nitrogens is 2. The van der Waals surface area contributed by atoms with Crippen LogP contribution in [-0.4, -0.2) is 16.7 Å². The average Bonchev–Trinajstić information content (AvgIpc) is 2.69. The van der Waals surface area contributed by atoms with Crippen LogP contribution in [0.25, 0.3) is 0 Å². The Kier molecular flexibility index (Phi) is 5.78. The van der Waals surface area contributed by atoms with Crippen molar-refractivity contribution in [3.63, 3.8) is 0 Å². The van der Waals surface area contributed by atoms with Gasteiger partial charge in [0.1, 0.15) is 0 Å². The topological polar surface area (TPSA) is 51.0 Å². The van der Waals surface area contributed by atoms with E-state index in [0.29, 0.717) is 12.4 Å². The fourth-order valence-corrected chi connectivity index (χ4v) is 1.64. The minimum absolute atomic E-state index is 0.620. The van der Waals surface area contributed by atoms with E-state index in [4.69, 9.17) is 4.52 Å². The zero-order valence-electron chi connectivity index (χ0n) is 10.2. The third kappa shape index (κ3) is 4.57. The van der Waals surface area contributed by atoms with Gasteiger partial charge in [-0.15, -0.1) is 6.58 Å². The van der Waals surface area contributed by atoms with Crippen LogP contribution in [-0.2, 0) is 6.54 Å². The second-order valence-electron chi connectivity index (χ2n) is 3.99. The Morgan fingerprint density at radius 2 is 2.38 bits per heavy atom. The molecule has 0 spiro atoms. The lowest BCUT2D eigenvalue weighted by molar-refractivity contribution is 0.384. The monoisotopic (exact) mass is 223 g/mol. The second kappa shape index (κ2) is 7.17. The van der Waals surface area contributed by atoms with Gasteiger partial charge >= 0.3 is 0 Å². The first kappa shape index (κ1) is 12.9. The van der Waals surface area contributed by atoms with Crippen LogP contribution in [0.4, 0.5) is 0 Å². The molecule has 0 saturated heterocycles. The molecule has 0 saturated carbocycles. The molecule has 1 rings (SSSR count). The van der Waals surface area contributed by atoms with Crippen molar-refractivity contribution in [1.29, 1.82) is 0 Å². The molecular formula is C12H21N3O. The Balaban J connectivity index is 2.13. The number of rotatable bonds is 8. The van der Waals surface area contributed by atoms with E-state index in [1.165, 1.54) is 12.8 Å². The van der Waals surface area contributed by atoms with Crippen LogP contribution in [0, 0.1) is 12.8 Å². The minimum atomic E-state index is 0.620. The van der Waals surface area contributed by atoms with E-state index in [9.17, 15) is 0 Å². The van der Waals surface area contributed by atoms with Gasteiger partial charge < -0.3 is 9.84 Å². The minimum Gasteiger partial charge on any atom is -0.340 e. The van der Waals surface area contributed by atoms with Gasteiger partial charge in [-0.2, -0.15) is 4.98 Å². The molecule has 90 valence electrons. The molecule has 1 aromatic rings. The van der Waals surface area contributed by atoms with Crippen LogP contribution in [0.15, 0.2) is 17.2 Å². The largest absolute Gasteiger partial charge is 0.340 e. The summed E-state index contributed by atoms with van der Waals surface area (Å²) >= 11 is 0. The lowest BCUT2D eigenvalue weighted by Gasteiger charge is -2.11. The smallest absolute Gasteiger partial charge is 0.223 e. The van der Waals surface area contributed by atoms with Crippen molar-refractivity contribution in [2.75, 3.05) is 6.54 Å². The Labute approximate surface area is 97.1 Å². The summed E-state index contributed by atoms with van der Waals surface area (Å²) in [6.07, 6.45) is 5.46. The second-order valence-corrected chi connectivity index (χ2v) is 3.99. The van der Waals surface area contributed by atoms with Crippen LogP contribution in [0.1, 0.15) is 37.9 Å². The molecule has 4 nitrogen and oxygen atoms in total. The van der Waals surface area contributed by atoms with Crippen molar-refractivity contribution in [2.24, 2.45) is 5.92 Å². The molecule has 1 N–H and O–H groups in total. The van der Waals surface area contributed by atoms with Gasteiger partial charge in [0.2, 0.25) is 5.89 Å². The first-order valence-electron chi connectivity index (χ1n) is 5.87. The number of allylic oxidation sites excluding steroid dienone is 1. The number of aryl methyl sites for hydroxylation is 1. The maximum absolute atomic E-state index is 4.89. The highest BCUT2D eigenvalue weighted by Crippen LogP contribution is 2.12. The van der Waals surface area contributed by atoms with E-state index in [1.54, 1.807) is 6.92 Å². The van der Waals surface area contributed by atoms with E-state index in [0.717, 1.165) is 24.7 Å². The number of nitrogens with one attached hydrogen (secondary N) is 1. The molecular weight excluding hydrogens is 202 g/mol. The van der Waals surface area contributed by atoms with Gasteiger partial charge in [0.05, 0.1) is 6.54 Å². The number of hydrogen-bond acceptors (Lipinski definition) is 4. The van der Waals surface area contributed by atoms with E-state index < -0.39 is 0 Å². The molecule has 0 aromatic carbocycles. The Hall–Kier alpha value is -1.16. The summed E-state index contributed by atoms with van der Waals surface area (Å²) in [6.45, 7) is 9.46. The highest BCUT2D eigenvalue weighted by atomic mass is 16.5. The first-order chi connectivity index (χ1) is 7.76. The summed E-state index contributed by atoms with van der Waals surface area (Å²) in [4.78, 5) is 4.13. The van der Waals surface area contributed by atoms with Crippen molar-refractivity contribution in [2.45, 2.75) is 39.7 Å². The lowest BCUT2D eigenvalue weighted by Crippen LogP contribution is -2.18. The fourth-order valence-electron chi connectivity index (χ4n) is 1.64. The predicted octanol–water partition coefficient (Wildman–Crippen LogP) is 2.46. The van der Waals surface area contributed by atoms with E-state index >= 15 is 0 Å². The van der Waals surface area contributed by atoms with Gasteiger partial charge in [-0.1, -0.05) is 24.6 Å². The molecule has 16 heavy (non-hydrogen) atoms. The maximum atomic E-state index is 4.89. The molecule has 0 aliphatic rings. The van der Waals surface area contributed by atoms with Gasteiger partial charge in [0, 0.05) is 6.92 Å².